The largest absolute Gasteiger partial charge is 0.481 e. The van der Waals surface area contributed by atoms with Gasteiger partial charge in [-0.05, 0) is 42.4 Å². The molecule has 0 aromatic heterocycles. The summed E-state index contributed by atoms with van der Waals surface area (Å²) in [4.78, 5) is 29.2. The molecule has 1 aromatic rings. The van der Waals surface area contributed by atoms with E-state index in [-0.39, 0.29) is 17.7 Å². The second-order valence-corrected chi connectivity index (χ2v) is 8.35. The molecule has 4 aliphatic rings. The number of carbonyl (C=O) groups excluding carboxylic acids is 1. The number of fused-ring (bicyclic) bond motifs is 2. The molecule has 0 radical (unpaired) electrons. The summed E-state index contributed by atoms with van der Waals surface area (Å²) in [6, 6.07) is 7.86. The smallest absolute Gasteiger partial charge is 0.307 e. The molecule has 27 heavy (non-hydrogen) atoms. The SMILES string of the molecule is O=C(O)[C@@H]1[C@@H](C(=O)N2CCN(Cc3cccc(Cl)c3)CC2)[C@@H]2C=C[C@H]1CC2. The van der Waals surface area contributed by atoms with Crippen molar-refractivity contribution in [3.05, 3.63) is 47.0 Å². The molecule has 5 rings (SSSR count). The third kappa shape index (κ3) is 3.76. The molecule has 1 amide bonds. The Hall–Kier alpha value is -1.85. The molecule has 5 nitrogen and oxygen atoms in total. The van der Waals surface area contributed by atoms with Gasteiger partial charge in [-0.2, -0.15) is 0 Å². The molecule has 2 fully saturated rings. The van der Waals surface area contributed by atoms with E-state index in [1.165, 1.54) is 5.56 Å². The number of allylic oxidation sites excluding steroid dienone is 2. The van der Waals surface area contributed by atoms with Crippen LogP contribution in [0.25, 0.3) is 0 Å². The summed E-state index contributed by atoms with van der Waals surface area (Å²) in [5.74, 6) is -1.68. The van der Waals surface area contributed by atoms with Gasteiger partial charge in [0.1, 0.15) is 0 Å². The first kappa shape index (κ1) is 18.5. The summed E-state index contributed by atoms with van der Waals surface area (Å²) in [6.45, 7) is 3.73. The first-order chi connectivity index (χ1) is 13.0. The van der Waals surface area contributed by atoms with Gasteiger partial charge in [-0.15, -0.1) is 0 Å². The molecule has 1 saturated carbocycles. The van der Waals surface area contributed by atoms with Crippen LogP contribution in [0.2, 0.25) is 5.02 Å². The lowest BCUT2D eigenvalue weighted by Gasteiger charge is -2.45. The lowest BCUT2D eigenvalue weighted by molar-refractivity contribution is -0.157. The van der Waals surface area contributed by atoms with Crippen LogP contribution >= 0.6 is 11.6 Å². The Balaban J connectivity index is 1.38. The van der Waals surface area contributed by atoms with Gasteiger partial charge < -0.3 is 10.0 Å². The average Bonchev–Trinajstić information content (AvgIpc) is 2.68. The zero-order valence-corrected chi connectivity index (χ0v) is 16.0. The zero-order valence-electron chi connectivity index (χ0n) is 15.3. The number of nitrogens with zero attached hydrogens (tertiary/aromatic N) is 2. The van der Waals surface area contributed by atoms with Crippen LogP contribution in [0.5, 0.6) is 0 Å². The van der Waals surface area contributed by atoms with Crippen molar-refractivity contribution >= 4 is 23.5 Å². The normalized spacial score (nSPS) is 30.5. The fraction of sp³-hybridized carbons (Fsp3) is 0.524. The molecule has 1 aliphatic heterocycles. The number of halogens is 1. The number of hydrogen-bond donors (Lipinski definition) is 1. The Labute approximate surface area is 164 Å². The van der Waals surface area contributed by atoms with Crippen LogP contribution in [0.3, 0.4) is 0 Å². The maximum atomic E-state index is 13.2. The van der Waals surface area contributed by atoms with Gasteiger partial charge in [-0.1, -0.05) is 35.9 Å². The van der Waals surface area contributed by atoms with Crippen LogP contribution < -0.4 is 0 Å². The number of piperazine rings is 1. The van der Waals surface area contributed by atoms with E-state index < -0.39 is 17.8 Å². The standard InChI is InChI=1S/C21H25ClN2O3/c22-17-3-1-2-14(12-17)13-23-8-10-24(11-9-23)20(25)18-15-4-6-16(7-5-15)19(18)21(26)27/h1-4,6,12,15-16,18-19H,5,7-11,13H2,(H,26,27)/t15-,16+,18+,19+/m1/s1. The molecule has 0 unspecified atom stereocenters. The van der Waals surface area contributed by atoms with Crippen molar-refractivity contribution in [1.82, 2.24) is 9.80 Å². The van der Waals surface area contributed by atoms with Gasteiger partial charge in [-0.25, -0.2) is 0 Å². The van der Waals surface area contributed by atoms with E-state index in [0.717, 1.165) is 37.5 Å². The number of carboxylic acids is 1. The van der Waals surface area contributed by atoms with Gasteiger partial charge in [0.2, 0.25) is 5.91 Å². The Bertz CT molecular complexity index is 758. The minimum Gasteiger partial charge on any atom is -0.481 e. The van der Waals surface area contributed by atoms with Crippen molar-refractivity contribution in [1.29, 1.82) is 0 Å². The van der Waals surface area contributed by atoms with Crippen LogP contribution in [0.1, 0.15) is 18.4 Å². The highest BCUT2D eigenvalue weighted by molar-refractivity contribution is 6.30. The average molecular weight is 389 g/mol. The summed E-state index contributed by atoms with van der Waals surface area (Å²) in [7, 11) is 0. The molecule has 2 bridgehead atoms. The van der Waals surface area contributed by atoms with Crippen molar-refractivity contribution in [3.8, 4) is 0 Å². The summed E-state index contributed by atoms with van der Waals surface area (Å²) in [5.41, 5.74) is 1.17. The number of rotatable bonds is 4. The van der Waals surface area contributed by atoms with Gasteiger partial charge in [0, 0.05) is 37.7 Å². The Morgan fingerprint density at radius 2 is 1.70 bits per heavy atom. The lowest BCUT2D eigenvalue weighted by atomic mass is 9.62. The fourth-order valence-corrected chi connectivity index (χ4v) is 5.11. The predicted molar refractivity (Wildman–Crippen MR) is 103 cm³/mol. The molecular weight excluding hydrogens is 364 g/mol. The minimum absolute atomic E-state index is 0.00516. The monoisotopic (exact) mass is 388 g/mol. The maximum absolute atomic E-state index is 13.2. The Kier molecular flexibility index (Phi) is 5.24. The molecule has 1 aromatic carbocycles. The summed E-state index contributed by atoms with van der Waals surface area (Å²) in [6.07, 6.45) is 5.90. The second-order valence-electron chi connectivity index (χ2n) is 7.91. The molecular formula is C21H25ClN2O3. The van der Waals surface area contributed by atoms with Gasteiger partial charge in [0.15, 0.2) is 0 Å². The quantitative estimate of drug-likeness (QED) is 0.806. The fourth-order valence-electron chi connectivity index (χ4n) is 4.90. The van der Waals surface area contributed by atoms with Crippen LogP contribution in [0.15, 0.2) is 36.4 Å². The third-order valence-electron chi connectivity index (χ3n) is 6.30. The van der Waals surface area contributed by atoms with Gasteiger partial charge in [0.25, 0.3) is 0 Å². The number of carbonyl (C=O) groups is 2. The minimum atomic E-state index is -0.827. The Morgan fingerprint density at radius 1 is 1.04 bits per heavy atom. The zero-order chi connectivity index (χ0) is 19.0. The molecule has 1 saturated heterocycles. The summed E-state index contributed by atoms with van der Waals surface area (Å²) < 4.78 is 0. The van der Waals surface area contributed by atoms with Crippen molar-refractivity contribution < 1.29 is 14.7 Å². The number of benzene rings is 1. The van der Waals surface area contributed by atoms with Crippen molar-refractivity contribution in [2.24, 2.45) is 23.7 Å². The highest BCUT2D eigenvalue weighted by atomic mass is 35.5. The van der Waals surface area contributed by atoms with Crippen LogP contribution in [0.4, 0.5) is 0 Å². The van der Waals surface area contributed by atoms with Crippen LogP contribution in [0, 0.1) is 23.7 Å². The molecule has 4 atom stereocenters. The van der Waals surface area contributed by atoms with E-state index in [4.69, 9.17) is 11.6 Å². The Morgan fingerprint density at radius 3 is 2.30 bits per heavy atom. The molecule has 6 heteroatoms. The lowest BCUT2D eigenvalue weighted by Crippen LogP contribution is -2.55. The summed E-state index contributed by atoms with van der Waals surface area (Å²) >= 11 is 6.06. The van der Waals surface area contributed by atoms with Crippen LogP contribution in [-0.2, 0) is 16.1 Å². The number of hydrogen-bond acceptors (Lipinski definition) is 3. The van der Waals surface area contributed by atoms with Crippen molar-refractivity contribution in [2.75, 3.05) is 26.2 Å². The summed E-state index contributed by atoms with van der Waals surface area (Å²) in [5, 5.41) is 10.4. The topological polar surface area (TPSA) is 60.9 Å². The van der Waals surface area contributed by atoms with Gasteiger partial charge in [-0.3, -0.25) is 14.5 Å². The molecule has 1 N–H and O–H groups in total. The number of carboxylic acid groups (broad SMARTS) is 1. The van der Waals surface area contributed by atoms with E-state index >= 15 is 0 Å². The first-order valence-corrected chi connectivity index (χ1v) is 10.1. The van der Waals surface area contributed by atoms with E-state index in [9.17, 15) is 14.7 Å². The van der Waals surface area contributed by atoms with E-state index in [0.29, 0.717) is 13.1 Å². The van der Waals surface area contributed by atoms with E-state index in [2.05, 4.69) is 17.0 Å². The highest BCUT2D eigenvalue weighted by Gasteiger charge is 2.49. The van der Waals surface area contributed by atoms with Gasteiger partial charge in [0.05, 0.1) is 11.8 Å². The van der Waals surface area contributed by atoms with Crippen LogP contribution in [-0.4, -0.2) is 53.0 Å². The third-order valence-corrected chi connectivity index (χ3v) is 6.53. The number of amides is 1. The van der Waals surface area contributed by atoms with Crippen molar-refractivity contribution in [2.45, 2.75) is 19.4 Å². The first-order valence-electron chi connectivity index (χ1n) is 9.69. The van der Waals surface area contributed by atoms with E-state index in [1.54, 1.807) is 0 Å². The second kappa shape index (κ2) is 7.64. The molecule has 3 aliphatic carbocycles. The van der Waals surface area contributed by atoms with Crippen molar-refractivity contribution in [3.63, 3.8) is 0 Å². The van der Waals surface area contributed by atoms with Gasteiger partial charge >= 0.3 is 5.97 Å². The maximum Gasteiger partial charge on any atom is 0.307 e. The molecule has 144 valence electrons. The molecule has 0 spiro atoms. The number of aliphatic carboxylic acids is 1. The molecule has 1 heterocycles. The predicted octanol–water partition coefficient (Wildman–Crippen LogP) is 2.90. The van der Waals surface area contributed by atoms with E-state index in [1.807, 2.05) is 29.2 Å². The highest BCUT2D eigenvalue weighted by Crippen LogP contribution is 2.45.